The van der Waals surface area contributed by atoms with E-state index in [2.05, 4.69) is 0 Å². The van der Waals surface area contributed by atoms with Gasteiger partial charge in [-0.2, -0.15) is 0 Å². The molecule has 0 aliphatic heterocycles. The molecule has 8 nitrogen and oxygen atoms in total. The highest BCUT2D eigenvalue weighted by atomic mass is 16.3. The van der Waals surface area contributed by atoms with Gasteiger partial charge in [0.1, 0.15) is 0 Å². The van der Waals surface area contributed by atoms with Crippen molar-refractivity contribution in [2.24, 2.45) is 0 Å². The van der Waals surface area contributed by atoms with Crippen LogP contribution in [0, 0.1) is 0 Å². The van der Waals surface area contributed by atoms with Gasteiger partial charge in [-0.25, -0.2) is 0 Å². The predicted molar refractivity (Wildman–Crippen MR) is 220 cm³/mol. The van der Waals surface area contributed by atoms with Crippen LogP contribution in [0.5, 0.6) is 46.0 Å². The Kier molecular flexibility index (Phi) is 6.93. The summed E-state index contributed by atoms with van der Waals surface area (Å²) in [5.41, 5.74) is 3.99. The number of rotatable bonds is 4. The standard InChI is InChI=1S/C48H30O8/c49-41-33(26-20-18-25(19-21-26)31-16-6-10-23-8-1-3-14-29(23)31)37-35-36-38(44(52)43(37)51)34(42(50)46(54)40(36)48(56)47(55)39(35)45(41)53)28-13-5-12-27(22-28)32-17-7-11-24-9-2-4-15-30(24)32/h1-22,49-56H. The molecule has 0 bridgehead atoms. The third-order valence-corrected chi connectivity index (χ3v) is 11.1. The molecule has 270 valence electrons. The summed E-state index contributed by atoms with van der Waals surface area (Å²) in [6, 6.07) is 41.8. The third kappa shape index (κ3) is 4.41. The fourth-order valence-electron chi connectivity index (χ4n) is 8.53. The van der Waals surface area contributed by atoms with Gasteiger partial charge in [-0.15, -0.1) is 0 Å². The molecule has 0 aromatic heterocycles. The van der Waals surface area contributed by atoms with Crippen LogP contribution in [0.3, 0.4) is 0 Å². The molecule has 0 amide bonds. The lowest BCUT2D eigenvalue weighted by atomic mass is 9.83. The summed E-state index contributed by atoms with van der Waals surface area (Å²) in [5.74, 6) is -6.36. The number of phenolic OH excluding ortho intramolecular Hbond substituents is 8. The van der Waals surface area contributed by atoms with Crippen LogP contribution >= 0.6 is 0 Å². The minimum atomic E-state index is -0.917. The van der Waals surface area contributed by atoms with Crippen LogP contribution in [0.2, 0.25) is 0 Å². The minimum Gasteiger partial charge on any atom is -0.504 e. The maximum atomic E-state index is 12.0. The molecule has 8 heteroatoms. The number of hydrogen-bond donors (Lipinski definition) is 8. The van der Waals surface area contributed by atoms with Crippen LogP contribution in [-0.4, -0.2) is 40.9 Å². The van der Waals surface area contributed by atoms with Crippen LogP contribution in [0.25, 0.3) is 98.4 Å². The van der Waals surface area contributed by atoms with Crippen molar-refractivity contribution >= 4 is 53.9 Å². The molecule has 56 heavy (non-hydrogen) atoms. The fraction of sp³-hybridized carbons (Fsp3) is 0. The van der Waals surface area contributed by atoms with Gasteiger partial charge in [0.05, 0.1) is 10.8 Å². The van der Waals surface area contributed by atoms with Crippen molar-refractivity contribution in [1.82, 2.24) is 0 Å². The summed E-state index contributed by atoms with van der Waals surface area (Å²) in [6.07, 6.45) is 0. The molecule has 10 rings (SSSR count). The van der Waals surface area contributed by atoms with Gasteiger partial charge in [0.2, 0.25) is 0 Å². The molecule has 0 heterocycles. The summed E-state index contributed by atoms with van der Waals surface area (Å²) in [6.45, 7) is 0. The van der Waals surface area contributed by atoms with E-state index in [0.717, 1.165) is 43.8 Å². The van der Waals surface area contributed by atoms with Crippen molar-refractivity contribution in [1.29, 1.82) is 0 Å². The lowest BCUT2D eigenvalue weighted by Gasteiger charge is -2.23. The molecule has 0 saturated carbocycles. The van der Waals surface area contributed by atoms with Crippen molar-refractivity contribution in [2.75, 3.05) is 0 Å². The smallest absolute Gasteiger partial charge is 0.170 e. The summed E-state index contributed by atoms with van der Waals surface area (Å²) < 4.78 is 0. The normalized spacial score (nSPS) is 11.8. The average molecular weight is 735 g/mol. The largest absolute Gasteiger partial charge is 0.504 e. The zero-order valence-electron chi connectivity index (χ0n) is 29.3. The first-order chi connectivity index (χ1) is 27.2. The Morgan fingerprint density at radius 3 is 1.16 bits per heavy atom. The minimum absolute atomic E-state index is 0.0763. The van der Waals surface area contributed by atoms with E-state index in [4.69, 9.17) is 0 Å². The van der Waals surface area contributed by atoms with E-state index in [9.17, 15) is 40.9 Å². The Labute approximate surface area is 317 Å². The fourth-order valence-corrected chi connectivity index (χ4v) is 8.53. The molecule has 0 saturated heterocycles. The predicted octanol–water partition coefficient (Wildman–Crippen LogP) is 11.2. The Hall–Kier alpha value is -7.84. The molecule has 0 fully saturated rings. The number of fused-ring (bicyclic) bond motifs is 2. The Bertz CT molecular complexity index is 3270. The highest BCUT2D eigenvalue weighted by Crippen LogP contribution is 2.64. The van der Waals surface area contributed by atoms with E-state index in [1.807, 2.05) is 103 Å². The highest BCUT2D eigenvalue weighted by Gasteiger charge is 2.34. The second-order valence-electron chi connectivity index (χ2n) is 14.0. The molecule has 0 radical (unpaired) electrons. The molecule has 0 unspecified atom stereocenters. The molecular weight excluding hydrogens is 705 g/mol. The second-order valence-corrected chi connectivity index (χ2v) is 14.0. The molecule has 10 aromatic carbocycles. The van der Waals surface area contributed by atoms with E-state index in [0.29, 0.717) is 11.1 Å². The summed E-state index contributed by atoms with van der Waals surface area (Å²) in [4.78, 5) is 0. The first-order valence-electron chi connectivity index (χ1n) is 17.8. The van der Waals surface area contributed by atoms with Crippen LogP contribution in [0.1, 0.15) is 0 Å². The van der Waals surface area contributed by atoms with Crippen LogP contribution < -0.4 is 0 Å². The number of hydrogen-bond acceptors (Lipinski definition) is 8. The molecule has 8 N–H and O–H groups in total. The third-order valence-electron chi connectivity index (χ3n) is 11.1. The lowest BCUT2D eigenvalue weighted by Crippen LogP contribution is -1.95. The molecular formula is C48H30O8. The molecule has 10 aromatic rings. The second kappa shape index (κ2) is 11.8. The van der Waals surface area contributed by atoms with E-state index in [-0.39, 0.29) is 32.7 Å². The monoisotopic (exact) mass is 734 g/mol. The van der Waals surface area contributed by atoms with Crippen molar-refractivity contribution in [3.63, 3.8) is 0 Å². The van der Waals surface area contributed by atoms with Crippen LogP contribution in [-0.2, 0) is 0 Å². The van der Waals surface area contributed by atoms with Gasteiger partial charge >= 0.3 is 0 Å². The van der Waals surface area contributed by atoms with Crippen LogP contribution in [0.4, 0.5) is 0 Å². The Balaban J connectivity index is 1.27. The zero-order chi connectivity index (χ0) is 38.6. The van der Waals surface area contributed by atoms with Gasteiger partial charge in [-0.1, -0.05) is 127 Å². The van der Waals surface area contributed by atoms with Crippen molar-refractivity contribution in [3.8, 4) is 90.5 Å². The molecule has 0 spiro atoms. The van der Waals surface area contributed by atoms with Gasteiger partial charge < -0.3 is 40.9 Å². The summed E-state index contributed by atoms with van der Waals surface area (Å²) in [7, 11) is 0. The van der Waals surface area contributed by atoms with E-state index >= 15 is 0 Å². The summed E-state index contributed by atoms with van der Waals surface area (Å²) >= 11 is 0. The maximum Gasteiger partial charge on any atom is 0.170 e. The summed E-state index contributed by atoms with van der Waals surface area (Å²) in [5, 5.41) is 95.9. The van der Waals surface area contributed by atoms with E-state index < -0.39 is 56.8 Å². The lowest BCUT2D eigenvalue weighted by molar-refractivity contribution is 0.391. The Morgan fingerprint density at radius 2 is 0.625 bits per heavy atom. The highest BCUT2D eigenvalue weighted by molar-refractivity contribution is 6.37. The van der Waals surface area contributed by atoms with Gasteiger partial charge in [-0.3, -0.25) is 0 Å². The first-order valence-corrected chi connectivity index (χ1v) is 17.8. The average Bonchev–Trinajstić information content (AvgIpc) is 3.23. The molecule has 0 aliphatic rings. The topological polar surface area (TPSA) is 162 Å². The number of aromatic hydroxyl groups is 8. The van der Waals surface area contributed by atoms with Gasteiger partial charge in [0.15, 0.2) is 46.0 Å². The SMILES string of the molecule is Oc1c(O)c2c(O)c(O)c3c(O)c(O)c(-c4cccc(-c5cccc6ccccc56)c4)c4c(O)c(O)c(c1-c1ccc(-c5cccc6ccccc56)cc1)c2c34. The number of benzene rings is 10. The van der Waals surface area contributed by atoms with Gasteiger partial charge in [0.25, 0.3) is 0 Å². The van der Waals surface area contributed by atoms with Crippen molar-refractivity contribution in [3.05, 3.63) is 133 Å². The van der Waals surface area contributed by atoms with E-state index in [1.165, 1.54) is 0 Å². The van der Waals surface area contributed by atoms with Gasteiger partial charge in [-0.05, 0) is 61.0 Å². The van der Waals surface area contributed by atoms with Gasteiger partial charge in [0, 0.05) is 32.7 Å². The quantitative estimate of drug-likeness (QED) is 0.0654. The number of phenols is 8. The van der Waals surface area contributed by atoms with Crippen molar-refractivity contribution in [2.45, 2.75) is 0 Å². The Morgan fingerprint density at radius 1 is 0.250 bits per heavy atom. The van der Waals surface area contributed by atoms with Crippen LogP contribution in [0.15, 0.2) is 133 Å². The first kappa shape index (κ1) is 32.8. The zero-order valence-corrected chi connectivity index (χ0v) is 29.3. The molecule has 0 aliphatic carbocycles. The van der Waals surface area contributed by atoms with E-state index in [1.54, 1.807) is 30.3 Å². The van der Waals surface area contributed by atoms with Crippen molar-refractivity contribution < 1.29 is 40.9 Å². The maximum absolute atomic E-state index is 12.0. The molecule has 0 atom stereocenters.